The van der Waals surface area contributed by atoms with Gasteiger partial charge in [-0.1, -0.05) is 0 Å². The number of carbonyl (C=O) groups excluding carboxylic acids is 1. The SMILES string of the molecule is O=C(ON1CCC=N1)c1ccn[nH]1. The number of aromatic amines is 1. The van der Waals surface area contributed by atoms with Crippen molar-refractivity contribution in [3.8, 4) is 0 Å². The highest BCUT2D eigenvalue weighted by Gasteiger charge is 2.14. The van der Waals surface area contributed by atoms with E-state index in [1.54, 1.807) is 12.3 Å². The molecule has 6 nitrogen and oxygen atoms in total. The number of nitrogens with one attached hydrogen (secondary N) is 1. The van der Waals surface area contributed by atoms with Gasteiger partial charge < -0.3 is 4.84 Å². The third-order valence-corrected chi connectivity index (χ3v) is 1.57. The van der Waals surface area contributed by atoms with Crippen molar-refractivity contribution in [2.75, 3.05) is 6.54 Å². The van der Waals surface area contributed by atoms with Crippen LogP contribution in [0.3, 0.4) is 0 Å². The lowest BCUT2D eigenvalue weighted by molar-refractivity contribution is -0.101. The maximum Gasteiger partial charge on any atom is 0.382 e. The average Bonchev–Trinajstić information content (AvgIpc) is 2.74. The van der Waals surface area contributed by atoms with Crippen molar-refractivity contribution in [3.63, 3.8) is 0 Å². The lowest BCUT2D eigenvalue weighted by Gasteiger charge is -2.10. The fourth-order valence-corrected chi connectivity index (χ4v) is 0.958. The summed E-state index contributed by atoms with van der Waals surface area (Å²) in [4.78, 5) is 16.1. The molecule has 6 heteroatoms. The number of hydroxylamine groups is 1. The molecule has 1 N–H and O–H groups in total. The third kappa shape index (κ3) is 1.66. The lowest BCUT2D eigenvalue weighted by Crippen LogP contribution is -2.20. The van der Waals surface area contributed by atoms with E-state index in [9.17, 15) is 4.79 Å². The molecule has 0 fully saturated rings. The second-order valence-electron chi connectivity index (χ2n) is 2.51. The van der Waals surface area contributed by atoms with Gasteiger partial charge in [0.2, 0.25) is 0 Å². The van der Waals surface area contributed by atoms with E-state index in [0.717, 1.165) is 6.42 Å². The molecule has 0 bridgehead atoms. The molecular formula is C7H8N4O2. The predicted octanol–water partition coefficient (Wildman–Crippen LogP) is 0.173. The topological polar surface area (TPSA) is 70.6 Å². The minimum atomic E-state index is -0.475. The van der Waals surface area contributed by atoms with Crippen LogP contribution in [0, 0.1) is 0 Å². The molecule has 0 unspecified atom stereocenters. The zero-order valence-electron chi connectivity index (χ0n) is 6.80. The summed E-state index contributed by atoms with van der Waals surface area (Å²) in [5.41, 5.74) is 0.321. The zero-order chi connectivity index (χ0) is 9.10. The maximum absolute atomic E-state index is 11.3. The number of hydrogen-bond donors (Lipinski definition) is 1. The largest absolute Gasteiger partial charge is 0.382 e. The highest BCUT2D eigenvalue weighted by Crippen LogP contribution is 2.04. The van der Waals surface area contributed by atoms with Crippen LogP contribution < -0.4 is 0 Å². The molecule has 1 aromatic heterocycles. The molecule has 0 saturated heterocycles. The summed E-state index contributed by atoms with van der Waals surface area (Å²) < 4.78 is 0. The molecule has 2 heterocycles. The first kappa shape index (κ1) is 7.78. The van der Waals surface area contributed by atoms with E-state index < -0.39 is 5.97 Å². The van der Waals surface area contributed by atoms with E-state index in [1.165, 1.54) is 11.4 Å². The van der Waals surface area contributed by atoms with E-state index in [1.807, 2.05) is 0 Å². The Kier molecular flexibility index (Phi) is 1.95. The monoisotopic (exact) mass is 180 g/mol. The van der Waals surface area contributed by atoms with Crippen LogP contribution >= 0.6 is 0 Å². The molecule has 2 rings (SSSR count). The Hall–Kier alpha value is -1.85. The van der Waals surface area contributed by atoms with Crippen LogP contribution in [0.5, 0.6) is 0 Å². The van der Waals surface area contributed by atoms with Crippen LogP contribution in [0.25, 0.3) is 0 Å². The Morgan fingerprint density at radius 1 is 1.69 bits per heavy atom. The molecule has 0 aromatic carbocycles. The summed E-state index contributed by atoms with van der Waals surface area (Å²) >= 11 is 0. The molecule has 68 valence electrons. The van der Waals surface area contributed by atoms with Crippen LogP contribution in [0.15, 0.2) is 17.4 Å². The van der Waals surface area contributed by atoms with E-state index in [2.05, 4.69) is 15.3 Å². The Labute approximate surface area is 74.1 Å². The molecule has 1 aromatic rings. The van der Waals surface area contributed by atoms with Crippen molar-refractivity contribution < 1.29 is 9.63 Å². The van der Waals surface area contributed by atoms with Gasteiger partial charge in [-0.15, -0.1) is 5.17 Å². The molecule has 0 radical (unpaired) electrons. The van der Waals surface area contributed by atoms with Crippen LogP contribution in [0.2, 0.25) is 0 Å². The number of hydrogen-bond acceptors (Lipinski definition) is 5. The third-order valence-electron chi connectivity index (χ3n) is 1.57. The average molecular weight is 180 g/mol. The van der Waals surface area contributed by atoms with Crippen LogP contribution in [0.4, 0.5) is 0 Å². The van der Waals surface area contributed by atoms with E-state index in [0.29, 0.717) is 12.2 Å². The van der Waals surface area contributed by atoms with Crippen molar-refractivity contribution in [1.29, 1.82) is 0 Å². The van der Waals surface area contributed by atoms with Gasteiger partial charge in [0, 0.05) is 18.8 Å². The number of rotatable bonds is 2. The van der Waals surface area contributed by atoms with E-state index >= 15 is 0 Å². The predicted molar refractivity (Wildman–Crippen MR) is 43.8 cm³/mol. The second-order valence-corrected chi connectivity index (χ2v) is 2.51. The van der Waals surface area contributed by atoms with Crippen LogP contribution in [-0.2, 0) is 4.84 Å². The summed E-state index contributed by atoms with van der Waals surface area (Å²) in [5, 5.41) is 11.2. The summed E-state index contributed by atoms with van der Waals surface area (Å²) in [7, 11) is 0. The molecule has 13 heavy (non-hydrogen) atoms. The van der Waals surface area contributed by atoms with Crippen molar-refractivity contribution in [3.05, 3.63) is 18.0 Å². The van der Waals surface area contributed by atoms with Gasteiger partial charge in [-0.3, -0.25) is 5.10 Å². The van der Waals surface area contributed by atoms with Gasteiger partial charge in [0.1, 0.15) is 5.69 Å². The number of H-pyrrole nitrogens is 1. The van der Waals surface area contributed by atoms with Crippen LogP contribution in [0.1, 0.15) is 16.9 Å². The standard InChI is InChI=1S/C7H8N4O2/c12-7(6-2-4-8-10-6)13-11-5-1-3-9-11/h2-4H,1,5H2,(H,8,10). The molecule has 0 amide bonds. The number of carbonyl (C=O) groups is 1. The lowest BCUT2D eigenvalue weighted by atomic mass is 10.4. The van der Waals surface area contributed by atoms with Gasteiger partial charge in [0.15, 0.2) is 0 Å². The van der Waals surface area contributed by atoms with E-state index in [-0.39, 0.29) is 0 Å². The van der Waals surface area contributed by atoms with Gasteiger partial charge in [0.05, 0.1) is 6.54 Å². The second kappa shape index (κ2) is 3.26. The fourth-order valence-electron chi connectivity index (χ4n) is 0.958. The number of aromatic nitrogens is 2. The van der Waals surface area contributed by atoms with Crippen molar-refractivity contribution in [2.24, 2.45) is 5.10 Å². The first-order valence-corrected chi connectivity index (χ1v) is 3.88. The summed E-state index contributed by atoms with van der Waals surface area (Å²) in [6.07, 6.45) is 3.99. The highest BCUT2D eigenvalue weighted by molar-refractivity contribution is 5.86. The summed E-state index contributed by atoms with van der Waals surface area (Å²) in [5.74, 6) is -0.475. The Morgan fingerprint density at radius 3 is 3.23 bits per heavy atom. The van der Waals surface area contributed by atoms with E-state index in [4.69, 9.17) is 4.84 Å². The number of nitrogens with zero attached hydrogens (tertiary/aromatic N) is 3. The first-order valence-electron chi connectivity index (χ1n) is 3.88. The molecule has 1 aliphatic rings. The quantitative estimate of drug-likeness (QED) is 0.704. The van der Waals surface area contributed by atoms with Gasteiger partial charge in [-0.2, -0.15) is 10.2 Å². The van der Waals surface area contributed by atoms with Gasteiger partial charge in [-0.05, 0) is 6.07 Å². The first-order chi connectivity index (χ1) is 6.36. The molecule has 0 aliphatic carbocycles. The van der Waals surface area contributed by atoms with Gasteiger partial charge >= 0.3 is 5.97 Å². The minimum Gasteiger partial charge on any atom is -0.317 e. The Balaban J connectivity index is 1.95. The molecule has 0 spiro atoms. The fraction of sp³-hybridized carbons (Fsp3) is 0.286. The van der Waals surface area contributed by atoms with Gasteiger partial charge in [0.25, 0.3) is 0 Å². The van der Waals surface area contributed by atoms with Crippen molar-refractivity contribution in [1.82, 2.24) is 15.4 Å². The summed E-state index contributed by atoms with van der Waals surface area (Å²) in [6, 6.07) is 1.54. The molecule has 1 aliphatic heterocycles. The molecule has 0 atom stereocenters. The van der Waals surface area contributed by atoms with Gasteiger partial charge in [-0.25, -0.2) is 4.79 Å². The normalized spacial score (nSPS) is 14.9. The highest BCUT2D eigenvalue weighted by atomic mass is 16.7. The Morgan fingerprint density at radius 2 is 2.62 bits per heavy atom. The maximum atomic E-state index is 11.3. The number of hydrazone groups is 1. The summed E-state index contributed by atoms with van der Waals surface area (Å²) in [6.45, 7) is 0.611. The zero-order valence-corrected chi connectivity index (χ0v) is 6.80. The smallest absolute Gasteiger partial charge is 0.317 e. The Bertz CT molecular complexity index is 319. The molecular weight excluding hydrogens is 172 g/mol. The molecule has 0 saturated carbocycles. The minimum absolute atomic E-state index is 0.321. The van der Waals surface area contributed by atoms with Crippen LogP contribution in [-0.4, -0.2) is 34.1 Å². The van der Waals surface area contributed by atoms with Crippen molar-refractivity contribution in [2.45, 2.75) is 6.42 Å². The van der Waals surface area contributed by atoms with Crippen molar-refractivity contribution >= 4 is 12.2 Å².